The number of hydrogen-bond donors (Lipinski definition) is 3. The molecule has 2 aliphatic rings. The van der Waals surface area contributed by atoms with Gasteiger partial charge in [-0.1, -0.05) is 18.2 Å². The molecule has 126 valence electrons. The van der Waals surface area contributed by atoms with Crippen LogP contribution in [0.15, 0.2) is 60.1 Å². The lowest BCUT2D eigenvalue weighted by Crippen LogP contribution is -2.41. The summed E-state index contributed by atoms with van der Waals surface area (Å²) in [6, 6.07) is 13.8. The van der Waals surface area contributed by atoms with Crippen molar-refractivity contribution in [1.29, 1.82) is 5.26 Å². The van der Waals surface area contributed by atoms with E-state index in [0.29, 0.717) is 5.57 Å². The minimum absolute atomic E-state index is 0.0917. The summed E-state index contributed by atoms with van der Waals surface area (Å²) in [6.07, 6.45) is 1.30. The van der Waals surface area contributed by atoms with E-state index < -0.39 is 6.23 Å². The van der Waals surface area contributed by atoms with E-state index in [1.165, 1.54) is 12.1 Å². The Bertz CT molecular complexity index is 846. The van der Waals surface area contributed by atoms with Crippen molar-refractivity contribution in [1.82, 2.24) is 15.8 Å². The Balaban J connectivity index is 1.82. The Kier molecular flexibility index (Phi) is 3.84. The molecule has 4 atom stereocenters. The number of pyridine rings is 1. The summed E-state index contributed by atoms with van der Waals surface area (Å²) in [6.45, 7) is 0. The summed E-state index contributed by atoms with van der Waals surface area (Å²) in [5, 5.41) is 9.63. The fraction of sp³-hybridized carbons (Fsp3) is 0.222. The van der Waals surface area contributed by atoms with Gasteiger partial charge in [-0.25, -0.2) is 15.2 Å². The van der Waals surface area contributed by atoms with Crippen molar-refractivity contribution in [2.24, 2.45) is 11.7 Å². The van der Waals surface area contributed by atoms with Crippen LogP contribution in [0.2, 0.25) is 0 Å². The monoisotopic (exact) mass is 337 g/mol. The van der Waals surface area contributed by atoms with Crippen LogP contribution in [0, 0.1) is 23.1 Å². The summed E-state index contributed by atoms with van der Waals surface area (Å²) >= 11 is 0. The van der Waals surface area contributed by atoms with Gasteiger partial charge in [0.1, 0.15) is 11.9 Å². The van der Waals surface area contributed by atoms with Gasteiger partial charge in [-0.15, -0.1) is 0 Å². The molecule has 4 N–H and O–H groups in total. The first-order valence-corrected chi connectivity index (χ1v) is 7.93. The molecule has 4 unspecified atom stereocenters. The molecule has 6 nitrogen and oxygen atoms in total. The average molecular weight is 337 g/mol. The molecule has 0 aliphatic carbocycles. The molecule has 3 heterocycles. The first kappa shape index (κ1) is 15.6. The fourth-order valence-electron chi connectivity index (χ4n) is 3.58. The second kappa shape index (κ2) is 6.16. The Morgan fingerprint density at radius 1 is 1.16 bits per heavy atom. The number of aromatic nitrogens is 1. The highest BCUT2D eigenvalue weighted by molar-refractivity contribution is 5.42. The smallest absolute Gasteiger partial charge is 0.200 e. The molecule has 7 heteroatoms. The maximum absolute atomic E-state index is 13.4. The van der Waals surface area contributed by atoms with Gasteiger partial charge in [-0.2, -0.15) is 5.26 Å². The van der Waals surface area contributed by atoms with Crippen LogP contribution in [0.1, 0.15) is 23.2 Å². The van der Waals surface area contributed by atoms with E-state index in [1.54, 1.807) is 18.3 Å². The summed E-state index contributed by atoms with van der Waals surface area (Å²) in [4.78, 5) is 4.42. The molecule has 1 aromatic carbocycles. The molecule has 0 spiro atoms. The number of benzene rings is 1. The highest BCUT2D eigenvalue weighted by Gasteiger charge is 2.49. The predicted molar refractivity (Wildman–Crippen MR) is 87.6 cm³/mol. The molecule has 0 saturated carbocycles. The van der Waals surface area contributed by atoms with Gasteiger partial charge in [0.2, 0.25) is 5.88 Å². The SMILES string of the molecule is N#CC1=C(N)OC2NNC(c3ccccn3)C2C1c1ccc(F)cc1. The fourth-order valence-corrected chi connectivity index (χ4v) is 3.58. The Morgan fingerprint density at radius 3 is 2.64 bits per heavy atom. The number of nitrogens with zero attached hydrogens (tertiary/aromatic N) is 2. The normalized spacial score (nSPS) is 28.2. The number of nitrogens with two attached hydrogens (primary N) is 1. The quantitative estimate of drug-likeness (QED) is 0.774. The highest BCUT2D eigenvalue weighted by Crippen LogP contribution is 2.46. The largest absolute Gasteiger partial charge is 0.458 e. The summed E-state index contributed by atoms with van der Waals surface area (Å²) in [7, 11) is 0. The minimum Gasteiger partial charge on any atom is -0.458 e. The van der Waals surface area contributed by atoms with Crippen molar-refractivity contribution in [3.05, 3.63) is 77.2 Å². The van der Waals surface area contributed by atoms with Crippen LogP contribution in [-0.2, 0) is 4.74 Å². The number of fused-ring (bicyclic) bond motifs is 1. The van der Waals surface area contributed by atoms with Gasteiger partial charge in [0.05, 0.1) is 17.3 Å². The molecule has 0 radical (unpaired) electrons. The van der Waals surface area contributed by atoms with Crippen LogP contribution in [-0.4, -0.2) is 11.2 Å². The molecule has 2 aromatic rings. The van der Waals surface area contributed by atoms with E-state index in [2.05, 4.69) is 21.9 Å². The Labute approximate surface area is 144 Å². The number of ether oxygens (including phenoxy) is 1. The van der Waals surface area contributed by atoms with E-state index in [1.807, 2.05) is 18.2 Å². The van der Waals surface area contributed by atoms with Crippen LogP contribution in [0.3, 0.4) is 0 Å². The number of rotatable bonds is 2. The third-order valence-corrected chi connectivity index (χ3v) is 4.69. The van der Waals surface area contributed by atoms with Crippen LogP contribution >= 0.6 is 0 Å². The van der Waals surface area contributed by atoms with Crippen molar-refractivity contribution in [3.63, 3.8) is 0 Å². The van der Waals surface area contributed by atoms with Gasteiger partial charge in [0.25, 0.3) is 0 Å². The van der Waals surface area contributed by atoms with Crippen molar-refractivity contribution >= 4 is 0 Å². The average Bonchev–Trinajstić information content (AvgIpc) is 3.05. The van der Waals surface area contributed by atoms with Crippen molar-refractivity contribution in [2.75, 3.05) is 0 Å². The van der Waals surface area contributed by atoms with Crippen molar-refractivity contribution < 1.29 is 9.13 Å². The van der Waals surface area contributed by atoms with Crippen LogP contribution in [0.25, 0.3) is 0 Å². The summed E-state index contributed by atoms with van der Waals surface area (Å²) in [5.74, 6) is -0.734. The molecular weight excluding hydrogens is 321 g/mol. The number of halogens is 1. The van der Waals surface area contributed by atoms with Crippen molar-refractivity contribution in [3.8, 4) is 6.07 Å². The number of allylic oxidation sites excluding steroid dienone is 1. The molecule has 1 fully saturated rings. The van der Waals surface area contributed by atoms with Gasteiger partial charge in [-0.05, 0) is 29.8 Å². The lowest BCUT2D eigenvalue weighted by atomic mass is 9.75. The van der Waals surface area contributed by atoms with E-state index in [4.69, 9.17) is 10.5 Å². The lowest BCUT2D eigenvalue weighted by Gasteiger charge is -2.35. The molecule has 0 amide bonds. The van der Waals surface area contributed by atoms with Crippen LogP contribution in [0.5, 0.6) is 0 Å². The molecule has 1 aromatic heterocycles. The number of hydrogen-bond acceptors (Lipinski definition) is 6. The van der Waals surface area contributed by atoms with E-state index in [9.17, 15) is 9.65 Å². The summed E-state index contributed by atoms with van der Waals surface area (Å²) in [5.41, 5.74) is 14.2. The van der Waals surface area contributed by atoms with Gasteiger partial charge >= 0.3 is 0 Å². The van der Waals surface area contributed by atoms with Crippen LogP contribution < -0.4 is 16.6 Å². The standard InChI is InChI=1S/C18H16FN5O/c19-11-6-4-10(5-7-11)14-12(9-20)17(21)25-18-15(14)16(23-24-18)13-3-1-2-8-22-13/h1-8,14-16,18,23-24H,21H2. The van der Waals surface area contributed by atoms with E-state index in [-0.39, 0.29) is 29.6 Å². The molecule has 0 bridgehead atoms. The zero-order valence-corrected chi connectivity index (χ0v) is 13.2. The van der Waals surface area contributed by atoms with Gasteiger partial charge < -0.3 is 10.5 Å². The summed E-state index contributed by atoms with van der Waals surface area (Å²) < 4.78 is 19.1. The first-order valence-electron chi connectivity index (χ1n) is 7.93. The van der Waals surface area contributed by atoms with Crippen LogP contribution in [0.4, 0.5) is 4.39 Å². The zero-order chi connectivity index (χ0) is 17.4. The third-order valence-electron chi connectivity index (χ3n) is 4.69. The van der Waals surface area contributed by atoms with Gasteiger partial charge in [0, 0.05) is 18.0 Å². The molecular formula is C18H16FN5O. The molecule has 4 rings (SSSR count). The number of hydrazine groups is 1. The Hall–Kier alpha value is -2.95. The second-order valence-electron chi connectivity index (χ2n) is 6.06. The first-order chi connectivity index (χ1) is 12.2. The second-order valence-corrected chi connectivity index (χ2v) is 6.06. The molecule has 1 saturated heterocycles. The number of nitriles is 1. The third kappa shape index (κ3) is 2.61. The topological polar surface area (TPSA) is 96.0 Å². The lowest BCUT2D eigenvalue weighted by molar-refractivity contribution is 0.0338. The zero-order valence-electron chi connectivity index (χ0n) is 13.2. The predicted octanol–water partition coefficient (Wildman–Crippen LogP) is 1.82. The maximum Gasteiger partial charge on any atom is 0.200 e. The van der Waals surface area contributed by atoms with E-state index >= 15 is 0 Å². The Morgan fingerprint density at radius 2 is 1.96 bits per heavy atom. The van der Waals surface area contributed by atoms with Crippen molar-refractivity contribution in [2.45, 2.75) is 18.2 Å². The molecule has 25 heavy (non-hydrogen) atoms. The molecule has 2 aliphatic heterocycles. The maximum atomic E-state index is 13.4. The van der Waals surface area contributed by atoms with Gasteiger partial charge in [0.15, 0.2) is 6.23 Å². The minimum atomic E-state index is -0.417. The van der Waals surface area contributed by atoms with E-state index in [0.717, 1.165) is 11.3 Å². The highest BCUT2D eigenvalue weighted by atomic mass is 19.1. The van der Waals surface area contributed by atoms with Gasteiger partial charge in [-0.3, -0.25) is 4.98 Å². The number of nitrogens with one attached hydrogen (secondary N) is 2.